The van der Waals surface area contributed by atoms with Crippen LogP contribution in [0.2, 0.25) is 0 Å². The Morgan fingerprint density at radius 3 is 2.56 bits per heavy atom. The van der Waals surface area contributed by atoms with Crippen molar-refractivity contribution in [3.8, 4) is 11.5 Å². The second kappa shape index (κ2) is 6.41. The van der Waals surface area contributed by atoms with Crippen LogP contribution in [0.1, 0.15) is 16.1 Å². The molecule has 0 saturated carbocycles. The number of anilines is 1. The summed E-state index contributed by atoms with van der Waals surface area (Å²) in [6.07, 6.45) is 0. The Morgan fingerprint density at radius 1 is 1.07 bits per heavy atom. The standard InChI is InChI=1S/C19H13N3O5/c1-11-2-7-14-16(10-11)27-19(21-14)12-3-5-13(6-4-12)20-18(23)15-8-9-17(26-15)22(24)25/h2-10H,1H3,(H,20,23). The smallest absolute Gasteiger partial charge is 0.433 e. The van der Waals surface area contributed by atoms with E-state index in [4.69, 9.17) is 8.83 Å². The zero-order valence-corrected chi connectivity index (χ0v) is 14.1. The fourth-order valence-corrected chi connectivity index (χ4v) is 2.59. The molecule has 0 atom stereocenters. The number of rotatable bonds is 4. The Labute approximate surface area is 152 Å². The minimum Gasteiger partial charge on any atom is -0.436 e. The van der Waals surface area contributed by atoms with Crippen LogP contribution in [0, 0.1) is 17.0 Å². The first-order valence-electron chi connectivity index (χ1n) is 8.03. The number of amides is 1. The van der Waals surface area contributed by atoms with Gasteiger partial charge in [0.25, 0.3) is 5.91 Å². The SMILES string of the molecule is Cc1ccc2nc(-c3ccc(NC(=O)c4ccc([N+](=O)[O-])o4)cc3)oc2c1. The molecule has 4 aromatic rings. The third-order valence-electron chi connectivity index (χ3n) is 3.93. The van der Waals surface area contributed by atoms with Gasteiger partial charge in [-0.05, 0) is 55.0 Å². The predicted molar refractivity (Wildman–Crippen MR) is 97.5 cm³/mol. The zero-order valence-electron chi connectivity index (χ0n) is 14.1. The number of furan rings is 1. The highest BCUT2D eigenvalue weighted by molar-refractivity contribution is 6.02. The van der Waals surface area contributed by atoms with Crippen molar-refractivity contribution in [2.24, 2.45) is 0 Å². The molecule has 0 saturated heterocycles. The monoisotopic (exact) mass is 363 g/mol. The predicted octanol–water partition coefficient (Wildman–Crippen LogP) is 4.56. The quantitative estimate of drug-likeness (QED) is 0.420. The minimum absolute atomic E-state index is 0.139. The molecule has 27 heavy (non-hydrogen) atoms. The molecule has 0 radical (unpaired) electrons. The van der Waals surface area contributed by atoms with Gasteiger partial charge in [-0.1, -0.05) is 6.07 Å². The Bertz CT molecular complexity index is 1160. The third-order valence-corrected chi connectivity index (χ3v) is 3.93. The van der Waals surface area contributed by atoms with Crippen molar-refractivity contribution < 1.29 is 18.6 Å². The van der Waals surface area contributed by atoms with Crippen LogP contribution in [0.25, 0.3) is 22.6 Å². The highest BCUT2D eigenvalue weighted by Gasteiger charge is 2.17. The molecular weight excluding hydrogens is 350 g/mol. The van der Waals surface area contributed by atoms with Gasteiger partial charge in [-0.2, -0.15) is 0 Å². The van der Waals surface area contributed by atoms with Crippen LogP contribution in [-0.4, -0.2) is 15.8 Å². The van der Waals surface area contributed by atoms with Gasteiger partial charge in [0.05, 0.1) is 6.07 Å². The summed E-state index contributed by atoms with van der Waals surface area (Å²) in [5.74, 6) is -0.717. The van der Waals surface area contributed by atoms with Crippen LogP contribution in [0.5, 0.6) is 0 Å². The van der Waals surface area contributed by atoms with Crippen LogP contribution in [0.3, 0.4) is 0 Å². The van der Waals surface area contributed by atoms with Crippen LogP contribution < -0.4 is 5.32 Å². The second-order valence-corrected chi connectivity index (χ2v) is 5.92. The van der Waals surface area contributed by atoms with Crippen LogP contribution in [-0.2, 0) is 0 Å². The fraction of sp³-hybridized carbons (Fsp3) is 0.0526. The normalized spacial score (nSPS) is 10.9. The molecule has 0 aliphatic rings. The van der Waals surface area contributed by atoms with E-state index >= 15 is 0 Å². The van der Waals surface area contributed by atoms with Gasteiger partial charge in [0, 0.05) is 11.3 Å². The van der Waals surface area contributed by atoms with Crippen molar-refractivity contribution in [2.75, 3.05) is 5.32 Å². The van der Waals surface area contributed by atoms with E-state index in [9.17, 15) is 14.9 Å². The van der Waals surface area contributed by atoms with Crippen LogP contribution in [0.4, 0.5) is 11.6 Å². The molecule has 0 aliphatic carbocycles. The zero-order chi connectivity index (χ0) is 19.0. The summed E-state index contributed by atoms with van der Waals surface area (Å²) >= 11 is 0. The van der Waals surface area contributed by atoms with E-state index in [1.165, 1.54) is 6.07 Å². The average Bonchev–Trinajstić information content (AvgIpc) is 3.29. The van der Waals surface area contributed by atoms with Gasteiger partial charge >= 0.3 is 5.88 Å². The Kier molecular flexibility index (Phi) is 3.92. The average molecular weight is 363 g/mol. The highest BCUT2D eigenvalue weighted by Crippen LogP contribution is 2.26. The summed E-state index contributed by atoms with van der Waals surface area (Å²) < 4.78 is 10.7. The van der Waals surface area contributed by atoms with Gasteiger partial charge in [-0.15, -0.1) is 0 Å². The Hall–Kier alpha value is -3.94. The van der Waals surface area contributed by atoms with Gasteiger partial charge in [-0.3, -0.25) is 14.9 Å². The van der Waals surface area contributed by atoms with E-state index in [0.717, 1.165) is 22.7 Å². The summed E-state index contributed by atoms with van der Waals surface area (Å²) in [6, 6.07) is 15.1. The number of carbonyl (C=O) groups excluding carboxylic acids is 1. The van der Waals surface area contributed by atoms with Crippen molar-refractivity contribution >= 4 is 28.6 Å². The molecule has 0 bridgehead atoms. The van der Waals surface area contributed by atoms with Crippen molar-refractivity contribution in [3.63, 3.8) is 0 Å². The van der Waals surface area contributed by atoms with E-state index in [-0.39, 0.29) is 5.76 Å². The molecule has 0 aliphatic heterocycles. The lowest BCUT2D eigenvalue weighted by Gasteiger charge is -2.03. The lowest BCUT2D eigenvalue weighted by molar-refractivity contribution is -0.402. The number of hydrogen-bond donors (Lipinski definition) is 1. The number of aromatic nitrogens is 1. The van der Waals surface area contributed by atoms with Crippen molar-refractivity contribution in [3.05, 3.63) is 76.0 Å². The number of aryl methyl sites for hydroxylation is 1. The number of nitrogens with one attached hydrogen (secondary N) is 1. The molecular formula is C19H13N3O5. The lowest BCUT2D eigenvalue weighted by Crippen LogP contribution is -2.10. The maximum absolute atomic E-state index is 12.1. The molecule has 0 fully saturated rings. The first-order valence-corrected chi connectivity index (χ1v) is 8.03. The van der Waals surface area contributed by atoms with Crippen molar-refractivity contribution in [1.82, 2.24) is 4.98 Å². The first-order chi connectivity index (χ1) is 13.0. The molecule has 0 unspecified atom stereocenters. The Morgan fingerprint density at radius 2 is 1.85 bits per heavy atom. The van der Waals surface area contributed by atoms with Gasteiger partial charge < -0.3 is 14.2 Å². The summed E-state index contributed by atoms with van der Waals surface area (Å²) in [6.45, 7) is 1.98. The summed E-state index contributed by atoms with van der Waals surface area (Å²) in [5, 5.41) is 13.2. The molecule has 134 valence electrons. The van der Waals surface area contributed by atoms with Crippen LogP contribution in [0.15, 0.2) is 63.4 Å². The maximum Gasteiger partial charge on any atom is 0.433 e. The van der Waals surface area contributed by atoms with E-state index in [1.807, 2.05) is 25.1 Å². The minimum atomic E-state index is -0.701. The number of nitro groups is 1. The molecule has 8 nitrogen and oxygen atoms in total. The van der Waals surface area contributed by atoms with Crippen LogP contribution >= 0.6 is 0 Å². The van der Waals surface area contributed by atoms with Crippen molar-refractivity contribution in [1.29, 1.82) is 0 Å². The number of oxazole rings is 1. The molecule has 1 N–H and O–H groups in total. The van der Waals surface area contributed by atoms with Gasteiger partial charge in [0.2, 0.25) is 5.89 Å². The third kappa shape index (κ3) is 3.28. The topological polar surface area (TPSA) is 111 Å². The number of hydrogen-bond acceptors (Lipinski definition) is 6. The molecule has 2 aromatic heterocycles. The summed E-state index contributed by atoms with van der Waals surface area (Å²) in [5.41, 5.74) is 3.83. The number of nitrogens with zero attached hydrogens (tertiary/aromatic N) is 2. The van der Waals surface area contributed by atoms with Crippen molar-refractivity contribution in [2.45, 2.75) is 6.92 Å². The first kappa shape index (κ1) is 16.5. The van der Waals surface area contributed by atoms with Gasteiger partial charge in [0.15, 0.2) is 11.3 Å². The second-order valence-electron chi connectivity index (χ2n) is 5.92. The molecule has 2 heterocycles. The molecule has 0 spiro atoms. The van der Waals surface area contributed by atoms with E-state index < -0.39 is 16.7 Å². The van der Waals surface area contributed by atoms with Gasteiger partial charge in [-0.25, -0.2) is 4.98 Å². The number of fused-ring (bicyclic) bond motifs is 1. The fourth-order valence-electron chi connectivity index (χ4n) is 2.59. The number of carbonyl (C=O) groups is 1. The highest BCUT2D eigenvalue weighted by atomic mass is 16.6. The molecule has 4 rings (SSSR count). The maximum atomic E-state index is 12.1. The summed E-state index contributed by atoms with van der Waals surface area (Å²) in [7, 11) is 0. The number of benzene rings is 2. The summed E-state index contributed by atoms with van der Waals surface area (Å²) in [4.78, 5) is 26.5. The Balaban J connectivity index is 1.52. The lowest BCUT2D eigenvalue weighted by atomic mass is 10.2. The molecule has 8 heteroatoms. The van der Waals surface area contributed by atoms with E-state index in [2.05, 4.69) is 10.3 Å². The molecule has 2 aromatic carbocycles. The van der Waals surface area contributed by atoms with Gasteiger partial charge in [0.1, 0.15) is 10.4 Å². The van der Waals surface area contributed by atoms with E-state index in [1.54, 1.807) is 24.3 Å². The molecule has 1 amide bonds. The van der Waals surface area contributed by atoms with E-state index in [0.29, 0.717) is 17.2 Å². The largest absolute Gasteiger partial charge is 0.436 e.